The summed E-state index contributed by atoms with van der Waals surface area (Å²) >= 11 is 0.895. The lowest BCUT2D eigenvalue weighted by atomic mass is 10.4. The monoisotopic (exact) mass is 588 g/mol. The van der Waals surface area contributed by atoms with Crippen LogP contribution in [0.4, 0.5) is 0 Å². The third kappa shape index (κ3) is 32.1. The summed E-state index contributed by atoms with van der Waals surface area (Å²) < 4.78 is 9.32. The highest BCUT2D eigenvalue weighted by Crippen LogP contribution is 1.95. The molecule has 7 heteroatoms. The predicted molar refractivity (Wildman–Crippen MR) is 202 cm³/mol. The molecule has 0 fully saturated rings. The highest BCUT2D eigenvalue weighted by atomic mass is 32.2. The first kappa shape index (κ1) is 36.2. The van der Waals surface area contributed by atoms with Crippen LogP contribution in [-0.2, 0) is 19.1 Å². The minimum atomic E-state index is -0.887. The molecule has 0 rings (SSSR count). The third-order valence-corrected chi connectivity index (χ3v) is 3.15. The molecule has 238 valence electrons. The molecule has 40 heavy (non-hydrogen) atoms. The van der Waals surface area contributed by atoms with Crippen LogP contribution in [-0.4, -0.2) is 47.4 Å². The van der Waals surface area contributed by atoms with E-state index in [1.165, 1.54) is 6.92 Å². The van der Waals surface area contributed by atoms with E-state index in [-0.39, 0.29) is 44.5 Å². The molecule has 0 aliphatic carbocycles. The van der Waals surface area contributed by atoms with Gasteiger partial charge in [0.25, 0.3) is 0 Å². The van der Waals surface area contributed by atoms with Gasteiger partial charge in [-0.1, -0.05) is 11.8 Å². The second-order valence-electron chi connectivity index (χ2n) is 5.53. The lowest BCUT2D eigenvalue weighted by Crippen LogP contribution is -2.26. The van der Waals surface area contributed by atoms with Gasteiger partial charge in [-0.3, -0.25) is 4.79 Å². The van der Waals surface area contributed by atoms with Crippen molar-refractivity contribution in [2.45, 2.75) is 26.9 Å². The molecule has 0 aromatic carbocycles. The van der Waals surface area contributed by atoms with Gasteiger partial charge in [-0.2, -0.15) is 0 Å². The summed E-state index contributed by atoms with van der Waals surface area (Å²) in [5.41, 5.74) is 0. The first-order valence-electron chi connectivity index (χ1n) is 10.5. The zero-order valence-electron chi connectivity index (χ0n) is 21.6. The topological polar surface area (TPSA) is 93.1 Å². The van der Waals surface area contributed by atoms with Gasteiger partial charge in [0.05, 0.1) is 13.2 Å². The first-order valence-corrected chi connectivity index (χ1v) is 11.3. The Balaban J connectivity index is -0.0000000146. The number of carbonyl (C=O) groups is 2. The summed E-state index contributed by atoms with van der Waals surface area (Å²) in [5.74, 6) is 55.5. The van der Waals surface area contributed by atoms with Crippen molar-refractivity contribution >= 4 is 22.8 Å². The molecule has 0 unspecified atom stereocenters. The van der Waals surface area contributed by atoms with Gasteiger partial charge >= 0.3 is 5.97 Å². The Morgan fingerprint density at radius 1 is 0.675 bits per heavy atom. The summed E-state index contributed by atoms with van der Waals surface area (Å²) in [6.07, 6.45) is -0.887. The van der Waals surface area contributed by atoms with E-state index in [1.54, 1.807) is 13.8 Å². The molecule has 1 atom stereocenters. The van der Waals surface area contributed by atoms with E-state index in [2.05, 4.69) is 146 Å². The summed E-state index contributed by atoms with van der Waals surface area (Å²) in [4.78, 5) is 21.7. The number of thioether (sulfide) groups is 1. The van der Waals surface area contributed by atoms with Crippen molar-refractivity contribution in [1.82, 2.24) is 0 Å². The molecule has 0 saturated carbocycles. The number of rotatable bonds is 5. The molecule has 0 heterocycles. The Bertz CT molecular complexity index is 1720. The van der Waals surface area contributed by atoms with Crippen LogP contribution in [0.2, 0.25) is 0 Å². The molecule has 0 aliphatic heterocycles. The molecule has 0 bridgehead atoms. The average molecular weight is 589 g/mol. The quantitative estimate of drug-likeness (QED) is 0.181. The van der Waals surface area contributed by atoms with Gasteiger partial charge in [-0.25, -0.2) is 4.79 Å². The summed E-state index contributed by atoms with van der Waals surface area (Å²) in [7, 11) is 0. The zero-order chi connectivity index (χ0) is 29.9. The lowest BCUT2D eigenvalue weighted by molar-refractivity contribution is -0.150. The molecule has 0 radical (unpaired) electrons. The van der Waals surface area contributed by atoms with Gasteiger partial charge in [-0.15, -0.1) is 0 Å². The van der Waals surface area contributed by atoms with Gasteiger partial charge in [0.15, 0.2) is 5.12 Å². The maximum Gasteiger partial charge on any atom is 0.385 e. The average Bonchev–Trinajstić information content (AvgIpc) is 2.94. The van der Waals surface area contributed by atoms with Crippen LogP contribution in [0.1, 0.15) is 53.6 Å². The van der Waals surface area contributed by atoms with Crippen molar-refractivity contribution in [3.63, 3.8) is 0 Å². The van der Waals surface area contributed by atoms with Crippen molar-refractivity contribution in [1.29, 1.82) is 0 Å². The van der Waals surface area contributed by atoms with Crippen LogP contribution in [0, 0.1) is 141 Å². The summed E-state index contributed by atoms with van der Waals surface area (Å²) in [6, 6.07) is 0. The van der Waals surface area contributed by atoms with Gasteiger partial charge in [0, 0.05) is 57.4 Å². The first-order chi connectivity index (χ1) is 19.5. The molecular formula is C33H64O6S. The largest absolute Gasteiger partial charge is 0.448 e. The van der Waals surface area contributed by atoms with Crippen molar-refractivity contribution in [3.05, 3.63) is 0 Å². The maximum atomic E-state index is 11.2. The highest BCUT2D eigenvalue weighted by molar-refractivity contribution is 8.17. The van der Waals surface area contributed by atoms with Crippen molar-refractivity contribution in [2.75, 3.05) is 20.0 Å². The minimum absolute atomic E-state index is 0. The Kier molecular flexibility index (Phi) is 28.2. The summed E-state index contributed by atoms with van der Waals surface area (Å²) in [5, 5.41) is 19.7. The number of aliphatic hydroxyl groups is 2. The van der Waals surface area contributed by atoms with E-state index in [1.807, 2.05) is 0 Å². The lowest BCUT2D eigenvalue weighted by Gasteiger charge is -2.12. The van der Waals surface area contributed by atoms with Crippen LogP contribution >= 0.6 is 11.8 Å². The van der Waals surface area contributed by atoms with E-state index in [0.29, 0.717) is 0 Å². The number of aliphatic hydroxyl groups excluding tert-OH is 2. The SMILES string of the molecule is CC#CC#CC#CC#CC#CC#CC#CSC(C)=O.CC#CC#CC#CC#CC#CC(=O)O[C@H](CO)COCO.[HH].[HH].[HH].[HH].[HH].[HH].[HH].[HH].[HH].[HH].[HH].[HH].[HH].[HH].[HH].[HH].[HH].[HH].[HH].[HH].[HH].[HH].[HH]. The maximum absolute atomic E-state index is 11.2. The molecule has 0 aliphatic rings. The van der Waals surface area contributed by atoms with E-state index >= 15 is 0 Å². The Morgan fingerprint density at radius 2 is 1.07 bits per heavy atom. The molecule has 6 nitrogen and oxygen atoms in total. The Morgan fingerprint density at radius 3 is 1.45 bits per heavy atom. The molecule has 0 saturated heterocycles. The Hall–Kier alpha value is -5.91. The van der Waals surface area contributed by atoms with Gasteiger partial charge < -0.3 is 19.7 Å². The molecular weight excluding hydrogens is 524 g/mol. The second kappa shape index (κ2) is 31.1. The van der Waals surface area contributed by atoms with Gasteiger partial charge in [0.2, 0.25) is 0 Å². The van der Waals surface area contributed by atoms with Gasteiger partial charge in [0.1, 0.15) is 12.9 Å². The standard InChI is InChI=1S/C17H6OS.C16H12O5.23H2/c1-3-4-5-6-7-8-9-10-11-12-13-14-15-16-19-17(2)18;1-2-3-4-5-6-7-8-9-10-11-16(19)21-15(12-17)13-20-14-18;;;;;;;;;;;;;;;;;;;;;;;/h1-2H3;15,17-18H,12-14H2,1H3;23*1H/t;15-;;;;;;;;;;;;;;;;;;;;;;;/m.1......................./s1. The van der Waals surface area contributed by atoms with E-state index in [4.69, 9.17) is 14.9 Å². The molecule has 0 aromatic rings. The number of carbonyl (C=O) groups excluding carboxylic acids is 2. The van der Waals surface area contributed by atoms with Crippen molar-refractivity contribution in [2.24, 2.45) is 0 Å². The van der Waals surface area contributed by atoms with E-state index < -0.39 is 25.5 Å². The van der Waals surface area contributed by atoms with Crippen LogP contribution in [0.25, 0.3) is 0 Å². The molecule has 0 amide bonds. The highest BCUT2D eigenvalue weighted by Gasteiger charge is 2.11. The number of hydrogen-bond donors (Lipinski definition) is 2. The number of hydrogen-bond acceptors (Lipinski definition) is 7. The van der Waals surface area contributed by atoms with Crippen LogP contribution in [0.3, 0.4) is 0 Å². The number of ether oxygens (including phenoxy) is 2. The summed E-state index contributed by atoms with van der Waals surface area (Å²) in [6.45, 7) is 3.69. The second-order valence-corrected chi connectivity index (χ2v) is 6.51. The predicted octanol–water partition coefficient (Wildman–Crippen LogP) is 5.82. The van der Waals surface area contributed by atoms with Crippen LogP contribution in [0.5, 0.6) is 0 Å². The minimum Gasteiger partial charge on any atom is -0.448 e. The fourth-order valence-corrected chi connectivity index (χ4v) is 1.56. The smallest absolute Gasteiger partial charge is 0.385 e. The van der Waals surface area contributed by atoms with E-state index in [0.717, 1.165) is 11.8 Å². The zero-order valence-corrected chi connectivity index (χ0v) is 22.5. The Labute approximate surface area is 274 Å². The molecule has 0 spiro atoms. The molecule has 0 aromatic heterocycles. The normalized spacial score (nSPS) is 6.83. The van der Waals surface area contributed by atoms with Crippen molar-refractivity contribution in [3.8, 4) is 141 Å². The van der Waals surface area contributed by atoms with Gasteiger partial charge in [-0.05, 0) is 138 Å². The van der Waals surface area contributed by atoms with E-state index in [9.17, 15) is 9.59 Å². The third-order valence-electron chi connectivity index (χ3n) is 2.66. The fraction of sp³-hybridized carbons (Fsp3) is 0.212. The van der Waals surface area contributed by atoms with Crippen LogP contribution < -0.4 is 0 Å². The van der Waals surface area contributed by atoms with Crippen molar-refractivity contribution < 1.29 is 62.1 Å². The molecule has 2 N–H and O–H groups in total. The fourth-order valence-electron chi connectivity index (χ4n) is 1.32. The van der Waals surface area contributed by atoms with Crippen LogP contribution in [0.15, 0.2) is 0 Å². The number of esters is 1.